The summed E-state index contributed by atoms with van der Waals surface area (Å²) >= 11 is 3.34. The van der Waals surface area contributed by atoms with Crippen LogP contribution in [-0.4, -0.2) is 30.7 Å². The van der Waals surface area contributed by atoms with Crippen molar-refractivity contribution in [3.63, 3.8) is 0 Å². The fourth-order valence-corrected chi connectivity index (χ4v) is 3.64. The molecule has 0 radical (unpaired) electrons. The van der Waals surface area contributed by atoms with Gasteiger partial charge in [-0.05, 0) is 41.9 Å². The molecule has 1 amide bonds. The van der Waals surface area contributed by atoms with E-state index in [9.17, 15) is 13.2 Å². The van der Waals surface area contributed by atoms with Crippen LogP contribution in [0.1, 0.15) is 30.4 Å². The Bertz CT molecular complexity index is 631. The highest BCUT2D eigenvalue weighted by molar-refractivity contribution is 9.10. The highest BCUT2D eigenvalue weighted by Gasteiger charge is 2.24. The molecule has 1 unspecified atom stereocenters. The summed E-state index contributed by atoms with van der Waals surface area (Å²) in [4.78, 5) is 12.2. The fraction of sp³-hybridized carbons (Fsp3) is 0.417. The Kier molecular flexibility index (Phi) is 3.87. The predicted octanol–water partition coefficient (Wildman–Crippen LogP) is 1.87. The number of nitrogens with zero attached hydrogens (tertiary/aromatic N) is 1. The summed E-state index contributed by atoms with van der Waals surface area (Å²) < 4.78 is 25.2. The summed E-state index contributed by atoms with van der Waals surface area (Å²) in [6, 6.07) is 1.42. The number of carbonyl (C=O) groups is 1. The van der Waals surface area contributed by atoms with Crippen molar-refractivity contribution >= 4 is 31.7 Å². The van der Waals surface area contributed by atoms with E-state index in [2.05, 4.69) is 21.2 Å². The van der Waals surface area contributed by atoms with E-state index >= 15 is 0 Å². The standard InChI is InChI=1S/C12H15BrN2O3S/c1-8(2)15-6-9(13)5-11(15)12(16)14-10-3-4-19(17,18)7-10/h3-6,8,10H,7H2,1-2H3,(H,14,16). The second kappa shape index (κ2) is 5.13. The van der Waals surface area contributed by atoms with Gasteiger partial charge in [-0.3, -0.25) is 4.79 Å². The fourth-order valence-electron chi connectivity index (χ4n) is 1.96. The summed E-state index contributed by atoms with van der Waals surface area (Å²) in [5.41, 5.74) is 0.513. The maximum atomic E-state index is 12.2. The smallest absolute Gasteiger partial charge is 0.268 e. The first-order valence-electron chi connectivity index (χ1n) is 5.88. The van der Waals surface area contributed by atoms with Crippen molar-refractivity contribution < 1.29 is 13.2 Å². The monoisotopic (exact) mass is 346 g/mol. The van der Waals surface area contributed by atoms with Gasteiger partial charge in [-0.1, -0.05) is 0 Å². The number of nitrogens with one attached hydrogen (secondary N) is 1. The molecule has 2 heterocycles. The average Bonchev–Trinajstić information content (AvgIpc) is 2.82. The van der Waals surface area contributed by atoms with Crippen LogP contribution in [0.2, 0.25) is 0 Å². The predicted molar refractivity (Wildman–Crippen MR) is 76.7 cm³/mol. The molecule has 0 bridgehead atoms. The Morgan fingerprint density at radius 3 is 2.74 bits per heavy atom. The molecule has 104 valence electrons. The van der Waals surface area contributed by atoms with Gasteiger partial charge in [-0.25, -0.2) is 8.42 Å². The lowest BCUT2D eigenvalue weighted by atomic mass is 10.3. The number of rotatable bonds is 3. The van der Waals surface area contributed by atoms with Crippen molar-refractivity contribution in [1.82, 2.24) is 9.88 Å². The Morgan fingerprint density at radius 1 is 1.53 bits per heavy atom. The number of aromatic nitrogens is 1. The summed E-state index contributed by atoms with van der Waals surface area (Å²) in [5, 5.41) is 3.86. The van der Waals surface area contributed by atoms with Gasteiger partial charge in [0.2, 0.25) is 0 Å². The first kappa shape index (κ1) is 14.3. The van der Waals surface area contributed by atoms with Crippen LogP contribution in [0.5, 0.6) is 0 Å². The van der Waals surface area contributed by atoms with Crippen molar-refractivity contribution in [2.24, 2.45) is 0 Å². The molecule has 1 N–H and O–H groups in total. The largest absolute Gasteiger partial charge is 0.343 e. The quantitative estimate of drug-likeness (QED) is 0.908. The molecule has 5 nitrogen and oxygen atoms in total. The molecule has 2 rings (SSSR count). The summed E-state index contributed by atoms with van der Waals surface area (Å²) in [6.07, 6.45) is 3.34. The van der Waals surface area contributed by atoms with Gasteiger partial charge >= 0.3 is 0 Å². The van der Waals surface area contributed by atoms with E-state index in [-0.39, 0.29) is 17.7 Å². The highest BCUT2D eigenvalue weighted by Crippen LogP contribution is 2.20. The minimum Gasteiger partial charge on any atom is -0.343 e. The topological polar surface area (TPSA) is 68.2 Å². The maximum absolute atomic E-state index is 12.2. The number of sulfone groups is 1. The van der Waals surface area contributed by atoms with Crippen LogP contribution in [0.15, 0.2) is 28.2 Å². The molecule has 0 aliphatic carbocycles. The molecular weight excluding hydrogens is 332 g/mol. The van der Waals surface area contributed by atoms with Gasteiger partial charge in [0.05, 0.1) is 11.8 Å². The third-order valence-electron chi connectivity index (χ3n) is 2.85. The maximum Gasteiger partial charge on any atom is 0.268 e. The third kappa shape index (κ3) is 3.27. The van der Waals surface area contributed by atoms with E-state index in [1.165, 1.54) is 6.08 Å². The minimum atomic E-state index is -3.16. The molecule has 7 heteroatoms. The molecule has 1 aliphatic rings. The van der Waals surface area contributed by atoms with Gasteiger partial charge in [0, 0.05) is 22.1 Å². The molecule has 0 saturated carbocycles. The van der Waals surface area contributed by atoms with Gasteiger partial charge in [-0.15, -0.1) is 0 Å². The van der Waals surface area contributed by atoms with Gasteiger partial charge in [-0.2, -0.15) is 0 Å². The number of hydrogen-bond acceptors (Lipinski definition) is 3. The molecule has 0 spiro atoms. The van der Waals surface area contributed by atoms with Crippen LogP contribution >= 0.6 is 15.9 Å². The molecule has 1 atom stereocenters. The van der Waals surface area contributed by atoms with Gasteiger partial charge in [0.1, 0.15) is 5.69 Å². The summed E-state index contributed by atoms with van der Waals surface area (Å²) in [5.74, 6) is -0.339. The minimum absolute atomic E-state index is 0.0672. The van der Waals surface area contributed by atoms with E-state index < -0.39 is 15.9 Å². The average molecular weight is 347 g/mol. The normalized spacial score (nSPS) is 20.9. The Hall–Kier alpha value is -1.08. The van der Waals surface area contributed by atoms with Crippen LogP contribution in [0, 0.1) is 0 Å². The van der Waals surface area contributed by atoms with Crippen LogP contribution in [0.3, 0.4) is 0 Å². The van der Waals surface area contributed by atoms with Crippen molar-refractivity contribution in [3.8, 4) is 0 Å². The van der Waals surface area contributed by atoms with Crippen LogP contribution in [0.4, 0.5) is 0 Å². The lowest BCUT2D eigenvalue weighted by Crippen LogP contribution is -2.36. The van der Waals surface area contributed by atoms with Crippen molar-refractivity contribution in [2.45, 2.75) is 25.9 Å². The van der Waals surface area contributed by atoms with E-state index in [1.54, 1.807) is 6.07 Å². The Labute approximate surface area is 120 Å². The molecule has 1 aromatic heterocycles. The number of amides is 1. The van der Waals surface area contributed by atoms with E-state index in [0.29, 0.717) is 5.69 Å². The van der Waals surface area contributed by atoms with Crippen molar-refractivity contribution in [3.05, 3.63) is 33.9 Å². The second-order valence-corrected chi connectivity index (χ2v) is 7.63. The van der Waals surface area contributed by atoms with Crippen LogP contribution in [-0.2, 0) is 9.84 Å². The molecule has 0 saturated heterocycles. The summed E-state index contributed by atoms with van der Waals surface area (Å²) in [6.45, 7) is 3.95. The molecule has 19 heavy (non-hydrogen) atoms. The third-order valence-corrected chi connectivity index (χ3v) is 4.68. The van der Waals surface area contributed by atoms with E-state index in [0.717, 1.165) is 9.88 Å². The van der Waals surface area contributed by atoms with Gasteiger partial charge in [0.15, 0.2) is 9.84 Å². The zero-order valence-corrected chi connectivity index (χ0v) is 13.0. The van der Waals surface area contributed by atoms with Gasteiger partial charge in [0.25, 0.3) is 5.91 Å². The van der Waals surface area contributed by atoms with Crippen LogP contribution in [0.25, 0.3) is 0 Å². The molecule has 1 aromatic rings. The zero-order chi connectivity index (χ0) is 14.2. The summed E-state index contributed by atoms with van der Waals surface area (Å²) in [7, 11) is -3.16. The van der Waals surface area contributed by atoms with Crippen molar-refractivity contribution in [1.29, 1.82) is 0 Å². The number of carbonyl (C=O) groups excluding carboxylic acids is 1. The molecule has 0 fully saturated rings. The molecule has 1 aliphatic heterocycles. The Balaban J connectivity index is 2.15. The molecular formula is C12H15BrN2O3S. The first-order valence-corrected chi connectivity index (χ1v) is 8.38. The van der Waals surface area contributed by atoms with E-state index in [1.807, 2.05) is 24.6 Å². The lowest BCUT2D eigenvalue weighted by Gasteiger charge is -2.14. The Morgan fingerprint density at radius 2 is 2.21 bits per heavy atom. The molecule has 0 aromatic carbocycles. The van der Waals surface area contributed by atoms with Gasteiger partial charge < -0.3 is 9.88 Å². The number of hydrogen-bond donors (Lipinski definition) is 1. The lowest BCUT2D eigenvalue weighted by molar-refractivity contribution is 0.0937. The SMILES string of the molecule is CC(C)n1cc(Br)cc1C(=O)NC1C=CS(=O)(=O)C1. The second-order valence-electron chi connectivity index (χ2n) is 4.78. The zero-order valence-electron chi connectivity index (χ0n) is 10.6. The van der Waals surface area contributed by atoms with Crippen LogP contribution < -0.4 is 5.32 Å². The first-order chi connectivity index (χ1) is 8.78. The number of halogens is 1. The van der Waals surface area contributed by atoms with E-state index in [4.69, 9.17) is 0 Å². The highest BCUT2D eigenvalue weighted by atomic mass is 79.9. The van der Waals surface area contributed by atoms with Crippen molar-refractivity contribution in [2.75, 3.05) is 5.75 Å².